The van der Waals surface area contributed by atoms with Gasteiger partial charge in [0.2, 0.25) is 0 Å². The molecule has 1 fully saturated rings. The number of hydrogen-bond acceptors (Lipinski definition) is 1. The van der Waals surface area contributed by atoms with Crippen molar-refractivity contribution in [2.45, 2.75) is 60.8 Å². The Kier molecular flexibility index (Phi) is 3.95. The van der Waals surface area contributed by atoms with Gasteiger partial charge in [-0.3, -0.25) is 4.79 Å². The van der Waals surface area contributed by atoms with E-state index in [-0.39, 0.29) is 11.3 Å². The average molecular weight is 240 g/mol. The lowest BCUT2D eigenvalue weighted by atomic mass is 9.59. The van der Waals surface area contributed by atoms with Gasteiger partial charge in [-0.2, -0.15) is 0 Å². The van der Waals surface area contributed by atoms with Crippen molar-refractivity contribution in [2.24, 2.45) is 28.6 Å². The normalized spacial score (nSPS) is 31.3. The fourth-order valence-electron chi connectivity index (χ4n) is 3.21. The summed E-state index contributed by atoms with van der Waals surface area (Å²) >= 11 is 0. The molecule has 0 aromatic rings. The van der Waals surface area contributed by atoms with Gasteiger partial charge in [0.25, 0.3) is 0 Å². The van der Waals surface area contributed by atoms with Gasteiger partial charge in [0.05, 0.1) is 5.92 Å². The second-order valence-corrected chi connectivity index (χ2v) is 7.79. The average Bonchev–Trinajstić information content (AvgIpc) is 2.14. The van der Waals surface area contributed by atoms with E-state index >= 15 is 0 Å². The molecule has 3 unspecified atom stereocenters. The minimum atomic E-state index is -0.600. The predicted molar refractivity (Wildman–Crippen MR) is 70.9 cm³/mol. The first-order chi connectivity index (χ1) is 7.53. The lowest BCUT2D eigenvalue weighted by Crippen LogP contribution is -2.41. The summed E-state index contributed by atoms with van der Waals surface area (Å²) in [4.78, 5) is 11.4. The second kappa shape index (κ2) is 4.62. The molecule has 1 aliphatic rings. The van der Waals surface area contributed by atoms with Gasteiger partial charge in [-0.15, -0.1) is 0 Å². The highest BCUT2D eigenvalue weighted by atomic mass is 16.4. The Morgan fingerprint density at radius 1 is 1.00 bits per heavy atom. The molecule has 0 heterocycles. The van der Waals surface area contributed by atoms with Crippen LogP contribution in [0.4, 0.5) is 0 Å². The van der Waals surface area contributed by atoms with E-state index in [0.717, 1.165) is 19.3 Å². The molecular formula is C15H28O2. The van der Waals surface area contributed by atoms with Crippen LogP contribution in [0, 0.1) is 28.6 Å². The minimum absolute atomic E-state index is 0.0903. The summed E-state index contributed by atoms with van der Waals surface area (Å²) in [5.74, 6) is 0.214. The molecule has 0 radical (unpaired) electrons. The van der Waals surface area contributed by atoms with E-state index in [0.29, 0.717) is 17.3 Å². The van der Waals surface area contributed by atoms with Crippen molar-refractivity contribution in [3.8, 4) is 0 Å². The van der Waals surface area contributed by atoms with Crippen LogP contribution in [0.2, 0.25) is 0 Å². The molecule has 1 aliphatic carbocycles. The highest BCUT2D eigenvalue weighted by Crippen LogP contribution is 2.48. The third kappa shape index (κ3) is 3.46. The maximum Gasteiger partial charge on any atom is 0.306 e. The molecule has 1 N–H and O–H groups in total. The molecule has 1 saturated carbocycles. The molecule has 1 rings (SSSR count). The van der Waals surface area contributed by atoms with Gasteiger partial charge in [-0.05, 0) is 41.9 Å². The molecule has 100 valence electrons. The Hall–Kier alpha value is -0.530. The molecule has 0 spiro atoms. The number of carboxylic acid groups (broad SMARTS) is 1. The molecule has 0 amide bonds. The molecule has 0 saturated heterocycles. The third-order valence-electron chi connectivity index (χ3n) is 4.50. The standard InChI is InChI=1S/C15H28O2/c1-14(2,3)10-7-8-11(13(16)17)12(9-10)15(4,5)6/h10-12H,7-9H2,1-6H3,(H,16,17). The van der Waals surface area contributed by atoms with E-state index in [1.165, 1.54) is 0 Å². The summed E-state index contributed by atoms with van der Waals surface area (Å²) in [5, 5.41) is 9.36. The largest absolute Gasteiger partial charge is 0.481 e. The Balaban J connectivity index is 2.89. The molecule has 0 bridgehead atoms. The van der Waals surface area contributed by atoms with E-state index in [2.05, 4.69) is 41.5 Å². The van der Waals surface area contributed by atoms with E-state index < -0.39 is 5.97 Å². The van der Waals surface area contributed by atoms with Crippen molar-refractivity contribution in [3.05, 3.63) is 0 Å². The quantitative estimate of drug-likeness (QED) is 0.746. The van der Waals surface area contributed by atoms with Crippen LogP contribution in [0.5, 0.6) is 0 Å². The summed E-state index contributed by atoms with van der Waals surface area (Å²) in [6.45, 7) is 13.4. The van der Waals surface area contributed by atoms with Crippen LogP contribution in [0.1, 0.15) is 60.8 Å². The number of carbonyl (C=O) groups is 1. The van der Waals surface area contributed by atoms with Crippen LogP contribution in [0.25, 0.3) is 0 Å². The van der Waals surface area contributed by atoms with Crippen molar-refractivity contribution in [1.29, 1.82) is 0 Å². The van der Waals surface area contributed by atoms with Crippen molar-refractivity contribution in [1.82, 2.24) is 0 Å². The summed E-state index contributed by atoms with van der Waals surface area (Å²) in [7, 11) is 0. The van der Waals surface area contributed by atoms with E-state index in [9.17, 15) is 9.90 Å². The molecular weight excluding hydrogens is 212 g/mol. The molecule has 3 atom stereocenters. The SMILES string of the molecule is CC(C)(C)C1CCC(C(=O)O)C(C(C)(C)C)C1. The van der Waals surface area contributed by atoms with E-state index in [1.54, 1.807) is 0 Å². The molecule has 2 heteroatoms. The van der Waals surface area contributed by atoms with Gasteiger partial charge < -0.3 is 5.11 Å². The first-order valence-corrected chi connectivity index (χ1v) is 6.76. The van der Waals surface area contributed by atoms with Crippen LogP contribution in [-0.2, 0) is 4.79 Å². The highest BCUT2D eigenvalue weighted by molar-refractivity contribution is 5.70. The summed E-state index contributed by atoms with van der Waals surface area (Å²) in [6.07, 6.45) is 2.97. The molecule has 17 heavy (non-hydrogen) atoms. The van der Waals surface area contributed by atoms with Gasteiger partial charge in [-0.25, -0.2) is 0 Å². The van der Waals surface area contributed by atoms with E-state index in [4.69, 9.17) is 0 Å². The monoisotopic (exact) mass is 240 g/mol. The van der Waals surface area contributed by atoms with Crippen LogP contribution < -0.4 is 0 Å². The summed E-state index contributed by atoms with van der Waals surface area (Å²) in [5.41, 5.74) is 0.389. The first kappa shape index (κ1) is 14.5. The Bertz CT molecular complexity index is 280. The lowest BCUT2D eigenvalue weighted by molar-refractivity contribution is -0.148. The van der Waals surface area contributed by atoms with Gasteiger partial charge in [-0.1, -0.05) is 41.5 Å². The molecule has 0 aromatic carbocycles. The van der Waals surface area contributed by atoms with Crippen LogP contribution in [0.15, 0.2) is 0 Å². The summed E-state index contributed by atoms with van der Waals surface area (Å²) in [6, 6.07) is 0. The van der Waals surface area contributed by atoms with Gasteiger partial charge in [0.1, 0.15) is 0 Å². The smallest absolute Gasteiger partial charge is 0.306 e. The number of carboxylic acids is 1. The topological polar surface area (TPSA) is 37.3 Å². The number of aliphatic carboxylic acids is 1. The maximum absolute atomic E-state index is 11.4. The zero-order valence-electron chi connectivity index (χ0n) is 12.2. The zero-order valence-corrected chi connectivity index (χ0v) is 12.2. The van der Waals surface area contributed by atoms with Crippen molar-refractivity contribution >= 4 is 5.97 Å². The van der Waals surface area contributed by atoms with Gasteiger partial charge in [0, 0.05) is 0 Å². The highest BCUT2D eigenvalue weighted by Gasteiger charge is 2.43. The number of rotatable bonds is 1. The van der Waals surface area contributed by atoms with Crippen LogP contribution in [0.3, 0.4) is 0 Å². The maximum atomic E-state index is 11.4. The second-order valence-electron chi connectivity index (χ2n) is 7.79. The van der Waals surface area contributed by atoms with Crippen molar-refractivity contribution in [2.75, 3.05) is 0 Å². The fourth-order valence-corrected chi connectivity index (χ4v) is 3.21. The van der Waals surface area contributed by atoms with Gasteiger partial charge >= 0.3 is 5.97 Å². The van der Waals surface area contributed by atoms with Crippen molar-refractivity contribution < 1.29 is 9.90 Å². The molecule has 0 aliphatic heterocycles. The predicted octanol–water partition coefficient (Wildman–Crippen LogP) is 4.20. The Morgan fingerprint density at radius 2 is 1.53 bits per heavy atom. The third-order valence-corrected chi connectivity index (χ3v) is 4.50. The first-order valence-electron chi connectivity index (χ1n) is 6.76. The Morgan fingerprint density at radius 3 is 1.88 bits per heavy atom. The lowest BCUT2D eigenvalue weighted by Gasteiger charge is -2.45. The number of hydrogen-bond donors (Lipinski definition) is 1. The minimum Gasteiger partial charge on any atom is -0.481 e. The zero-order chi connectivity index (χ0) is 13.4. The summed E-state index contributed by atoms with van der Waals surface area (Å²) < 4.78 is 0. The Labute approximate surface area is 106 Å². The van der Waals surface area contributed by atoms with Crippen molar-refractivity contribution in [3.63, 3.8) is 0 Å². The van der Waals surface area contributed by atoms with E-state index in [1.807, 2.05) is 0 Å². The van der Waals surface area contributed by atoms with Gasteiger partial charge in [0.15, 0.2) is 0 Å². The molecule has 0 aromatic heterocycles. The fraction of sp³-hybridized carbons (Fsp3) is 0.933. The van der Waals surface area contributed by atoms with Crippen LogP contribution in [-0.4, -0.2) is 11.1 Å². The molecule has 2 nitrogen and oxygen atoms in total. The van der Waals surface area contributed by atoms with Crippen LogP contribution >= 0.6 is 0 Å².